The molecule has 0 amide bonds. The van der Waals surface area contributed by atoms with Gasteiger partial charge in [0.05, 0.1) is 17.2 Å². The third kappa shape index (κ3) is 3.52. The lowest BCUT2D eigenvalue weighted by molar-refractivity contribution is -0.660. The maximum atomic E-state index is 10.1. The van der Waals surface area contributed by atoms with Crippen LogP contribution in [0, 0.1) is 18.3 Å². The number of fused-ring (bicyclic) bond motifs is 4. The van der Waals surface area contributed by atoms with Gasteiger partial charge >= 0.3 is 0 Å². The van der Waals surface area contributed by atoms with Crippen molar-refractivity contribution in [2.24, 2.45) is 7.05 Å². The number of benzene rings is 4. The van der Waals surface area contributed by atoms with Gasteiger partial charge in [0.2, 0.25) is 5.69 Å². The normalized spacial score (nSPS) is 17.4. The van der Waals surface area contributed by atoms with Crippen molar-refractivity contribution in [1.29, 1.82) is 5.26 Å². The minimum Gasteiger partial charge on any atom is -0.455 e. The molecule has 0 aliphatic heterocycles. The fourth-order valence-electron chi connectivity index (χ4n) is 6.64. The van der Waals surface area contributed by atoms with Gasteiger partial charge in [-0.05, 0) is 78.1 Å². The monoisotopic (exact) mass is 493 g/mol. The summed E-state index contributed by atoms with van der Waals surface area (Å²) in [5, 5.41) is 14.9. The van der Waals surface area contributed by atoms with Crippen LogP contribution in [0.2, 0.25) is 0 Å². The van der Waals surface area contributed by atoms with Gasteiger partial charge in [0, 0.05) is 28.5 Å². The van der Waals surface area contributed by atoms with Crippen molar-refractivity contribution in [3.05, 3.63) is 113 Å². The maximum Gasteiger partial charge on any atom is 0.216 e. The largest absolute Gasteiger partial charge is 0.455 e. The zero-order valence-corrected chi connectivity index (χ0v) is 21.7. The van der Waals surface area contributed by atoms with E-state index in [0.29, 0.717) is 11.8 Å². The molecule has 2 unspecified atom stereocenters. The van der Waals surface area contributed by atoms with Crippen molar-refractivity contribution in [3.63, 3.8) is 0 Å². The Morgan fingerprint density at radius 1 is 0.816 bits per heavy atom. The Bertz CT molecular complexity index is 1910. The molecule has 0 N–H and O–H groups in total. The van der Waals surface area contributed by atoms with Gasteiger partial charge < -0.3 is 4.42 Å². The lowest BCUT2D eigenvalue weighted by Gasteiger charge is -2.15. The number of aromatic nitrogens is 1. The van der Waals surface area contributed by atoms with Crippen molar-refractivity contribution in [3.8, 4) is 17.3 Å². The van der Waals surface area contributed by atoms with E-state index in [0.717, 1.165) is 63.6 Å². The fraction of sp³-hybridized carbons (Fsp3) is 0.200. The van der Waals surface area contributed by atoms with E-state index in [4.69, 9.17) is 4.42 Å². The summed E-state index contributed by atoms with van der Waals surface area (Å²) < 4.78 is 8.93. The summed E-state index contributed by atoms with van der Waals surface area (Å²) >= 11 is 0. The van der Waals surface area contributed by atoms with E-state index in [9.17, 15) is 5.26 Å². The van der Waals surface area contributed by atoms with Crippen molar-refractivity contribution in [2.75, 3.05) is 0 Å². The first kappa shape index (κ1) is 22.8. The molecule has 3 heteroatoms. The van der Waals surface area contributed by atoms with E-state index < -0.39 is 0 Å². The second kappa shape index (κ2) is 8.85. The summed E-state index contributed by atoms with van der Waals surface area (Å²) in [4.78, 5) is 0. The van der Waals surface area contributed by atoms with Crippen LogP contribution in [0.5, 0.6) is 0 Å². The number of pyridine rings is 1. The molecule has 4 aromatic carbocycles. The lowest BCUT2D eigenvalue weighted by atomic mass is 9.88. The standard InChI is InChI=1S/C35H29N2O/c1-22-10-16-29-30-17-15-28(21-36)33(35(30)38-34(29)32(22)31-9-5-6-18-37(31)2)27-14-13-26(20-27)25-12-11-23-7-3-4-8-24(23)19-25/h3-12,15-19,26-27H,13-14,20H2,1-2H3/q+1. The smallest absolute Gasteiger partial charge is 0.216 e. The summed E-state index contributed by atoms with van der Waals surface area (Å²) in [6.07, 6.45) is 5.28. The average molecular weight is 494 g/mol. The topological polar surface area (TPSA) is 40.8 Å². The highest BCUT2D eigenvalue weighted by molar-refractivity contribution is 6.11. The molecule has 6 aromatic rings. The third-order valence-corrected chi connectivity index (χ3v) is 8.57. The van der Waals surface area contributed by atoms with E-state index in [1.807, 2.05) is 12.1 Å². The Labute approximate surface area is 222 Å². The van der Waals surface area contributed by atoms with Crippen LogP contribution >= 0.6 is 0 Å². The third-order valence-electron chi connectivity index (χ3n) is 8.57. The molecule has 184 valence electrons. The molecule has 3 nitrogen and oxygen atoms in total. The molecular formula is C35H29N2O+. The molecule has 0 bridgehead atoms. The molecule has 2 heterocycles. The van der Waals surface area contributed by atoms with E-state index >= 15 is 0 Å². The highest BCUT2D eigenvalue weighted by atomic mass is 16.3. The number of nitriles is 1. The summed E-state index contributed by atoms with van der Waals surface area (Å²) in [6.45, 7) is 2.14. The molecule has 38 heavy (non-hydrogen) atoms. The predicted octanol–water partition coefficient (Wildman–Crippen LogP) is 8.46. The highest BCUT2D eigenvalue weighted by Gasteiger charge is 2.32. The van der Waals surface area contributed by atoms with Gasteiger partial charge in [-0.3, -0.25) is 0 Å². The Morgan fingerprint density at radius 2 is 1.58 bits per heavy atom. The Morgan fingerprint density at radius 3 is 2.42 bits per heavy atom. The van der Waals surface area contributed by atoms with Crippen LogP contribution in [-0.2, 0) is 7.05 Å². The van der Waals surface area contributed by atoms with Gasteiger partial charge in [-0.25, -0.2) is 4.57 Å². The first-order valence-corrected chi connectivity index (χ1v) is 13.4. The van der Waals surface area contributed by atoms with E-state index in [-0.39, 0.29) is 0 Å². The molecular weight excluding hydrogens is 464 g/mol. The molecule has 1 fully saturated rings. The number of rotatable bonds is 3. The zero-order chi connectivity index (χ0) is 25.8. The number of nitrogens with zero attached hydrogens (tertiary/aromatic N) is 2. The molecule has 7 rings (SSSR count). The second-order valence-corrected chi connectivity index (χ2v) is 10.8. The summed E-state index contributed by atoms with van der Waals surface area (Å²) in [5.74, 6) is 0.778. The molecule has 1 saturated carbocycles. The van der Waals surface area contributed by atoms with Gasteiger partial charge in [0.15, 0.2) is 6.20 Å². The summed E-state index contributed by atoms with van der Waals surface area (Å²) in [6, 6.07) is 32.6. The first-order chi connectivity index (χ1) is 18.6. The van der Waals surface area contributed by atoms with Gasteiger partial charge in [0.1, 0.15) is 18.2 Å². The van der Waals surface area contributed by atoms with Crippen LogP contribution in [0.25, 0.3) is 44.0 Å². The zero-order valence-electron chi connectivity index (χ0n) is 21.7. The molecule has 2 aromatic heterocycles. The number of hydrogen-bond donors (Lipinski definition) is 0. The highest BCUT2D eigenvalue weighted by Crippen LogP contribution is 2.48. The van der Waals surface area contributed by atoms with Crippen LogP contribution < -0.4 is 4.57 Å². The minimum atomic E-state index is 0.294. The maximum absolute atomic E-state index is 10.1. The van der Waals surface area contributed by atoms with Gasteiger partial charge in [-0.1, -0.05) is 54.6 Å². The van der Waals surface area contributed by atoms with E-state index in [1.54, 1.807) is 0 Å². The van der Waals surface area contributed by atoms with Crippen LogP contribution in [0.1, 0.15) is 53.4 Å². The van der Waals surface area contributed by atoms with Gasteiger partial charge in [0.25, 0.3) is 0 Å². The number of hydrogen-bond acceptors (Lipinski definition) is 2. The second-order valence-electron chi connectivity index (χ2n) is 10.8. The Hall–Kier alpha value is -4.42. The van der Waals surface area contributed by atoms with E-state index in [1.165, 1.54) is 21.9 Å². The van der Waals surface area contributed by atoms with Crippen LogP contribution in [0.15, 0.2) is 95.5 Å². The Balaban J connectivity index is 1.36. The molecule has 0 saturated heterocycles. The van der Waals surface area contributed by atoms with Crippen LogP contribution in [0.3, 0.4) is 0 Å². The summed E-state index contributed by atoms with van der Waals surface area (Å²) in [5.41, 5.74) is 8.43. The fourth-order valence-corrected chi connectivity index (χ4v) is 6.64. The molecule has 1 aliphatic rings. The molecule has 0 spiro atoms. The lowest BCUT2D eigenvalue weighted by Crippen LogP contribution is -2.30. The van der Waals surface area contributed by atoms with Gasteiger partial charge in [-0.2, -0.15) is 5.26 Å². The molecule has 1 aliphatic carbocycles. The summed E-state index contributed by atoms with van der Waals surface area (Å²) in [7, 11) is 2.07. The number of aryl methyl sites for hydroxylation is 2. The van der Waals surface area contributed by atoms with E-state index in [2.05, 4.69) is 104 Å². The van der Waals surface area contributed by atoms with Crippen molar-refractivity contribution < 1.29 is 8.98 Å². The minimum absolute atomic E-state index is 0.294. The van der Waals surface area contributed by atoms with Gasteiger partial charge in [-0.15, -0.1) is 0 Å². The molecule has 2 atom stereocenters. The van der Waals surface area contributed by atoms with Crippen LogP contribution in [0.4, 0.5) is 0 Å². The van der Waals surface area contributed by atoms with Crippen molar-refractivity contribution in [1.82, 2.24) is 0 Å². The SMILES string of the molecule is Cc1ccc2c(oc3c(C4CCC(c5ccc6ccccc6c5)C4)c(C#N)ccc32)c1-c1cccc[n+]1C. The van der Waals surface area contributed by atoms with Crippen molar-refractivity contribution in [2.45, 2.75) is 38.0 Å². The van der Waals surface area contributed by atoms with Crippen LogP contribution in [-0.4, -0.2) is 0 Å². The molecule has 0 radical (unpaired) electrons. The Kier molecular flexibility index (Phi) is 5.30. The average Bonchev–Trinajstić information content (AvgIpc) is 3.58. The van der Waals surface area contributed by atoms with Crippen molar-refractivity contribution >= 4 is 32.7 Å². The number of furan rings is 1. The predicted molar refractivity (Wildman–Crippen MR) is 153 cm³/mol. The first-order valence-electron chi connectivity index (χ1n) is 13.4. The quantitative estimate of drug-likeness (QED) is 0.232.